The smallest absolute Gasteiger partial charge is 0.325 e. The number of anilines is 1. The topological polar surface area (TPSA) is 70.9 Å². The number of alkyl halides is 3. The van der Waals surface area contributed by atoms with Crippen LogP contribution in [0.2, 0.25) is 0 Å². The van der Waals surface area contributed by atoms with Crippen molar-refractivity contribution in [3.8, 4) is 0 Å². The number of carbonyl (C=O) groups excluding carboxylic acids is 2. The second-order valence-corrected chi connectivity index (χ2v) is 6.64. The van der Waals surface area contributed by atoms with E-state index in [0.29, 0.717) is 0 Å². The molecule has 0 bridgehead atoms. The van der Waals surface area contributed by atoms with Gasteiger partial charge in [0.15, 0.2) is 5.17 Å². The lowest BCUT2D eigenvalue weighted by Crippen LogP contribution is -2.24. The van der Waals surface area contributed by atoms with Crippen LogP contribution in [0.4, 0.5) is 18.9 Å². The number of rotatable bonds is 3. The van der Waals surface area contributed by atoms with E-state index in [1.807, 2.05) is 0 Å². The maximum absolute atomic E-state index is 12.7. The second kappa shape index (κ2) is 6.99. The van der Waals surface area contributed by atoms with Crippen LogP contribution in [0.1, 0.15) is 24.8 Å². The number of fused-ring (bicyclic) bond motifs is 1. The van der Waals surface area contributed by atoms with Crippen LogP contribution >= 0.6 is 11.8 Å². The number of nitrogens with one attached hydrogen (secondary N) is 1. The molecule has 3 rings (SSSR count). The lowest BCUT2D eigenvalue weighted by molar-refractivity contribution is -0.137. The lowest BCUT2D eigenvalue weighted by Gasteiger charge is -2.13. The van der Waals surface area contributed by atoms with Crippen LogP contribution in [0.25, 0.3) is 0 Å². The number of halogens is 3. The second-order valence-electron chi connectivity index (χ2n) is 5.70. The molecule has 0 spiro atoms. The van der Waals surface area contributed by atoms with Crippen LogP contribution in [0, 0.1) is 5.92 Å². The van der Waals surface area contributed by atoms with E-state index < -0.39 is 17.6 Å². The molecule has 1 saturated carbocycles. The summed E-state index contributed by atoms with van der Waals surface area (Å²) >= 11 is 0.995. The Labute approximate surface area is 145 Å². The zero-order valence-electron chi connectivity index (χ0n) is 13.0. The molecular formula is C16H14F3N3O2S. The Morgan fingerprint density at radius 1 is 1.32 bits per heavy atom. The number of hydrogen-bond donors (Lipinski definition) is 1. The molecule has 1 unspecified atom stereocenters. The number of benzene rings is 1. The third-order valence-electron chi connectivity index (χ3n) is 3.88. The fourth-order valence-corrected chi connectivity index (χ4v) is 3.38. The molecule has 0 aromatic heterocycles. The highest BCUT2D eigenvalue weighted by Gasteiger charge is 2.33. The van der Waals surface area contributed by atoms with E-state index in [-0.39, 0.29) is 28.4 Å². The number of amidine groups is 1. The standard InChI is InChI=1S/C16H14F3N3O2S/c17-16(18,19)9-3-1-4-10(7-9)20-13(23)8-25-15-21-12-6-2-5-11(12)14(24)22-15/h1,3-4,7,11H,2,5-6,8H2,(H,20,23). The zero-order valence-corrected chi connectivity index (χ0v) is 13.8. The third kappa shape index (κ3) is 4.28. The van der Waals surface area contributed by atoms with Crippen molar-refractivity contribution in [2.45, 2.75) is 25.4 Å². The predicted octanol–water partition coefficient (Wildman–Crippen LogP) is 3.51. The van der Waals surface area contributed by atoms with Gasteiger partial charge in [-0.05, 0) is 37.5 Å². The predicted molar refractivity (Wildman–Crippen MR) is 89.7 cm³/mol. The molecule has 2 aliphatic rings. The van der Waals surface area contributed by atoms with Crippen LogP contribution < -0.4 is 5.32 Å². The minimum absolute atomic E-state index is 0.0595. The number of amides is 2. The van der Waals surface area contributed by atoms with Crippen molar-refractivity contribution in [3.05, 3.63) is 29.8 Å². The van der Waals surface area contributed by atoms with Crippen molar-refractivity contribution < 1.29 is 22.8 Å². The molecule has 1 N–H and O–H groups in total. The van der Waals surface area contributed by atoms with Crippen molar-refractivity contribution in [2.75, 3.05) is 11.1 Å². The Bertz CT molecular complexity index is 774. The maximum atomic E-state index is 12.7. The van der Waals surface area contributed by atoms with Crippen molar-refractivity contribution in [2.24, 2.45) is 15.9 Å². The van der Waals surface area contributed by atoms with Gasteiger partial charge in [0.05, 0.1) is 17.2 Å². The van der Waals surface area contributed by atoms with Gasteiger partial charge in [-0.1, -0.05) is 17.8 Å². The van der Waals surface area contributed by atoms with Crippen LogP contribution in [0.5, 0.6) is 0 Å². The molecule has 5 nitrogen and oxygen atoms in total. The summed E-state index contributed by atoms with van der Waals surface area (Å²) in [4.78, 5) is 32.0. The molecule has 1 heterocycles. The van der Waals surface area contributed by atoms with Gasteiger partial charge in [0.2, 0.25) is 5.91 Å². The number of carbonyl (C=O) groups is 2. The van der Waals surface area contributed by atoms with Gasteiger partial charge in [-0.15, -0.1) is 0 Å². The number of thioether (sulfide) groups is 1. The van der Waals surface area contributed by atoms with E-state index in [9.17, 15) is 22.8 Å². The number of hydrogen-bond acceptors (Lipinski definition) is 4. The van der Waals surface area contributed by atoms with E-state index in [1.165, 1.54) is 12.1 Å². The molecule has 1 aromatic rings. The molecule has 9 heteroatoms. The third-order valence-corrected chi connectivity index (χ3v) is 4.72. The molecule has 1 aromatic carbocycles. The van der Waals surface area contributed by atoms with Crippen molar-refractivity contribution in [1.29, 1.82) is 0 Å². The summed E-state index contributed by atoms with van der Waals surface area (Å²) in [6.07, 6.45) is -2.05. The molecule has 25 heavy (non-hydrogen) atoms. The van der Waals surface area contributed by atoms with Crippen molar-refractivity contribution in [1.82, 2.24) is 0 Å². The van der Waals surface area contributed by atoms with Crippen LogP contribution in [0.3, 0.4) is 0 Å². The van der Waals surface area contributed by atoms with E-state index in [4.69, 9.17) is 0 Å². The normalized spacial score (nSPS) is 20.0. The van der Waals surface area contributed by atoms with Gasteiger partial charge in [-0.2, -0.15) is 18.2 Å². The van der Waals surface area contributed by atoms with Gasteiger partial charge in [0.25, 0.3) is 5.91 Å². The summed E-state index contributed by atoms with van der Waals surface area (Å²) in [5, 5.41) is 2.64. The van der Waals surface area contributed by atoms with Crippen LogP contribution in [0.15, 0.2) is 34.3 Å². The summed E-state index contributed by atoms with van der Waals surface area (Å²) in [6.45, 7) is 0. The molecule has 0 radical (unpaired) electrons. The van der Waals surface area contributed by atoms with E-state index in [0.717, 1.165) is 48.9 Å². The Hall–Kier alpha value is -2.16. The highest BCUT2D eigenvalue weighted by atomic mass is 32.2. The summed E-state index contributed by atoms with van der Waals surface area (Å²) < 4.78 is 38.0. The van der Waals surface area contributed by atoms with Crippen LogP contribution in [-0.4, -0.2) is 28.4 Å². The van der Waals surface area contributed by atoms with Gasteiger partial charge in [0, 0.05) is 11.4 Å². The van der Waals surface area contributed by atoms with Crippen molar-refractivity contribution >= 4 is 40.1 Å². The molecule has 2 amide bonds. The summed E-state index contributed by atoms with van der Waals surface area (Å²) in [7, 11) is 0. The van der Waals surface area contributed by atoms with Gasteiger partial charge in [0.1, 0.15) is 0 Å². The number of nitrogens with zero attached hydrogens (tertiary/aromatic N) is 2. The fraction of sp³-hybridized carbons (Fsp3) is 0.375. The largest absolute Gasteiger partial charge is 0.416 e. The van der Waals surface area contributed by atoms with Gasteiger partial charge in [-0.25, -0.2) is 4.99 Å². The lowest BCUT2D eigenvalue weighted by atomic mass is 10.1. The molecule has 1 aliphatic heterocycles. The fourth-order valence-electron chi connectivity index (χ4n) is 2.71. The zero-order chi connectivity index (χ0) is 18.0. The Morgan fingerprint density at radius 2 is 2.12 bits per heavy atom. The minimum Gasteiger partial charge on any atom is -0.325 e. The molecule has 132 valence electrons. The van der Waals surface area contributed by atoms with Crippen molar-refractivity contribution in [3.63, 3.8) is 0 Å². The molecular weight excluding hydrogens is 355 g/mol. The first-order valence-corrected chi connectivity index (χ1v) is 8.61. The summed E-state index contributed by atoms with van der Waals surface area (Å²) in [6, 6.07) is 4.40. The highest BCUT2D eigenvalue weighted by molar-refractivity contribution is 8.14. The average Bonchev–Trinajstić information content (AvgIpc) is 3.01. The van der Waals surface area contributed by atoms with Gasteiger partial charge >= 0.3 is 6.18 Å². The van der Waals surface area contributed by atoms with Gasteiger partial charge < -0.3 is 5.32 Å². The first-order valence-electron chi connectivity index (χ1n) is 7.63. The molecule has 0 saturated heterocycles. The first-order chi connectivity index (χ1) is 11.8. The Balaban J connectivity index is 1.58. The molecule has 1 aliphatic carbocycles. The average molecular weight is 369 g/mol. The number of aliphatic imine (C=N–C) groups is 2. The summed E-state index contributed by atoms with van der Waals surface area (Å²) in [5.74, 6) is -1.04. The first kappa shape index (κ1) is 17.7. The van der Waals surface area contributed by atoms with Gasteiger partial charge in [-0.3, -0.25) is 9.59 Å². The molecule has 1 atom stereocenters. The summed E-state index contributed by atoms with van der Waals surface area (Å²) in [5.41, 5.74) is 0.0314. The van der Waals surface area contributed by atoms with E-state index >= 15 is 0 Å². The maximum Gasteiger partial charge on any atom is 0.416 e. The van der Waals surface area contributed by atoms with E-state index in [2.05, 4.69) is 15.3 Å². The Morgan fingerprint density at radius 3 is 2.88 bits per heavy atom. The quantitative estimate of drug-likeness (QED) is 0.886. The minimum atomic E-state index is -4.47. The van der Waals surface area contributed by atoms with Crippen LogP contribution in [-0.2, 0) is 15.8 Å². The Kier molecular flexibility index (Phi) is 4.94. The van der Waals surface area contributed by atoms with E-state index in [1.54, 1.807) is 0 Å². The SMILES string of the molecule is O=C(CSC1=NC(=O)C2CCCC2=N1)Nc1cccc(C(F)(F)F)c1. The molecule has 1 fully saturated rings. The monoisotopic (exact) mass is 369 g/mol. The highest BCUT2D eigenvalue weighted by Crippen LogP contribution is 2.31.